The fraction of sp³-hybridized carbons (Fsp3) is 0.0588. The molecule has 0 saturated carbocycles. The Morgan fingerprint density at radius 1 is 1.29 bits per heavy atom. The lowest BCUT2D eigenvalue weighted by Gasteiger charge is -2.03. The Kier molecular flexibility index (Phi) is 3.65. The number of nitrogens with one attached hydrogen (secondary N) is 1. The summed E-state index contributed by atoms with van der Waals surface area (Å²) in [6.45, 7) is 0.229. The van der Waals surface area contributed by atoms with Crippen molar-refractivity contribution < 1.29 is 13.9 Å². The third-order valence-electron chi connectivity index (χ3n) is 3.38. The largest absolute Gasteiger partial charge is 0.463 e. The Morgan fingerprint density at radius 2 is 2.21 bits per heavy atom. The lowest BCUT2D eigenvalue weighted by molar-refractivity contribution is 0.174. The summed E-state index contributed by atoms with van der Waals surface area (Å²) in [5.41, 5.74) is 1.95. The van der Waals surface area contributed by atoms with E-state index in [1.165, 1.54) is 11.3 Å². The molecule has 1 aliphatic rings. The number of anilines is 1. The summed E-state index contributed by atoms with van der Waals surface area (Å²) in [5, 5.41) is 15.0. The summed E-state index contributed by atoms with van der Waals surface area (Å²) in [6, 6.07) is 11.3. The Labute approximate surface area is 141 Å². The van der Waals surface area contributed by atoms with Crippen molar-refractivity contribution in [1.29, 1.82) is 5.26 Å². The lowest BCUT2D eigenvalue weighted by Crippen LogP contribution is -1.93. The molecule has 0 amide bonds. The molecular weight excluding hydrogens is 326 g/mol. The van der Waals surface area contributed by atoms with Crippen LogP contribution in [0.3, 0.4) is 0 Å². The van der Waals surface area contributed by atoms with E-state index >= 15 is 0 Å². The third kappa shape index (κ3) is 2.71. The third-order valence-corrected chi connectivity index (χ3v) is 4.26. The Morgan fingerprint density at radius 3 is 3.04 bits per heavy atom. The monoisotopic (exact) mass is 337 g/mol. The van der Waals surface area contributed by atoms with E-state index in [4.69, 9.17) is 13.9 Å². The minimum Gasteiger partial charge on any atom is -0.463 e. The highest BCUT2D eigenvalue weighted by molar-refractivity contribution is 7.11. The number of allylic oxidation sites excluding steroid dienone is 1. The molecule has 7 heteroatoms. The zero-order chi connectivity index (χ0) is 16.4. The number of aromatic nitrogens is 1. The van der Waals surface area contributed by atoms with E-state index in [0.29, 0.717) is 33.5 Å². The molecule has 3 heterocycles. The van der Waals surface area contributed by atoms with Crippen LogP contribution >= 0.6 is 11.3 Å². The van der Waals surface area contributed by atoms with E-state index in [1.54, 1.807) is 18.5 Å². The van der Waals surface area contributed by atoms with Gasteiger partial charge in [0.15, 0.2) is 17.3 Å². The van der Waals surface area contributed by atoms with Crippen molar-refractivity contribution in [3.8, 4) is 29.0 Å². The van der Waals surface area contributed by atoms with Gasteiger partial charge in [0.2, 0.25) is 6.79 Å². The molecule has 0 aliphatic carbocycles. The molecule has 24 heavy (non-hydrogen) atoms. The molecule has 0 bridgehead atoms. The van der Waals surface area contributed by atoms with Crippen molar-refractivity contribution in [2.24, 2.45) is 0 Å². The highest BCUT2D eigenvalue weighted by Gasteiger charge is 2.13. The molecular formula is C17H11N3O3S. The van der Waals surface area contributed by atoms with E-state index in [9.17, 15) is 5.26 Å². The zero-order valence-electron chi connectivity index (χ0n) is 12.4. The minimum absolute atomic E-state index is 0.229. The van der Waals surface area contributed by atoms with Crippen molar-refractivity contribution in [1.82, 2.24) is 4.98 Å². The average molecular weight is 337 g/mol. The van der Waals surface area contributed by atoms with Crippen molar-refractivity contribution in [3.05, 3.63) is 53.2 Å². The van der Waals surface area contributed by atoms with Gasteiger partial charge in [-0.3, -0.25) is 0 Å². The second-order valence-corrected chi connectivity index (χ2v) is 5.76. The number of furan rings is 1. The van der Waals surface area contributed by atoms with Gasteiger partial charge in [-0.05, 0) is 24.3 Å². The predicted octanol–water partition coefficient (Wildman–Crippen LogP) is 4.11. The summed E-state index contributed by atoms with van der Waals surface area (Å²) in [7, 11) is 0. The molecule has 0 unspecified atom stereocenters. The van der Waals surface area contributed by atoms with Gasteiger partial charge in [-0.1, -0.05) is 0 Å². The number of ether oxygens (including phenoxy) is 2. The molecule has 0 spiro atoms. The summed E-state index contributed by atoms with van der Waals surface area (Å²) < 4.78 is 15.9. The van der Waals surface area contributed by atoms with Crippen molar-refractivity contribution in [3.63, 3.8) is 0 Å². The van der Waals surface area contributed by atoms with Crippen LogP contribution in [-0.2, 0) is 0 Å². The van der Waals surface area contributed by atoms with Gasteiger partial charge in [-0.25, -0.2) is 4.98 Å². The molecule has 2 aromatic heterocycles. The van der Waals surface area contributed by atoms with Crippen LogP contribution in [0.5, 0.6) is 11.5 Å². The molecule has 118 valence electrons. The quantitative estimate of drug-likeness (QED) is 0.722. The van der Waals surface area contributed by atoms with Gasteiger partial charge in [0.05, 0.1) is 6.26 Å². The molecule has 0 saturated heterocycles. The van der Waals surface area contributed by atoms with Crippen LogP contribution in [0.1, 0.15) is 5.01 Å². The molecule has 0 radical (unpaired) electrons. The number of hydrogen-bond donors (Lipinski definition) is 1. The summed E-state index contributed by atoms with van der Waals surface area (Å²) >= 11 is 1.39. The summed E-state index contributed by atoms with van der Waals surface area (Å²) in [4.78, 5) is 4.44. The number of nitriles is 1. The zero-order valence-corrected chi connectivity index (χ0v) is 13.2. The van der Waals surface area contributed by atoms with Gasteiger partial charge in [0, 0.05) is 23.3 Å². The van der Waals surface area contributed by atoms with Crippen molar-refractivity contribution in [2.45, 2.75) is 0 Å². The number of hydrogen-bond acceptors (Lipinski definition) is 7. The van der Waals surface area contributed by atoms with E-state index in [-0.39, 0.29) is 6.79 Å². The second-order valence-electron chi connectivity index (χ2n) is 4.90. The maximum Gasteiger partial charge on any atom is 0.231 e. The fourth-order valence-corrected chi connectivity index (χ4v) is 2.99. The molecule has 3 aromatic rings. The molecule has 0 fully saturated rings. The maximum absolute atomic E-state index is 9.39. The molecule has 1 aliphatic heterocycles. The van der Waals surface area contributed by atoms with Gasteiger partial charge in [-0.2, -0.15) is 5.26 Å². The molecule has 0 atom stereocenters. The number of fused-ring (bicyclic) bond motifs is 1. The van der Waals surface area contributed by atoms with Crippen LogP contribution in [0.2, 0.25) is 0 Å². The smallest absolute Gasteiger partial charge is 0.231 e. The van der Waals surface area contributed by atoms with E-state index < -0.39 is 0 Å². The number of thiazole rings is 1. The Hall–Kier alpha value is -3.24. The van der Waals surface area contributed by atoms with Crippen LogP contribution in [0.15, 0.2) is 52.6 Å². The van der Waals surface area contributed by atoms with Gasteiger partial charge in [-0.15, -0.1) is 11.3 Å². The Bertz CT molecular complexity index is 938. The first-order valence-electron chi connectivity index (χ1n) is 7.10. The number of rotatable bonds is 4. The topological polar surface area (TPSA) is 80.3 Å². The summed E-state index contributed by atoms with van der Waals surface area (Å²) in [5.74, 6) is 2.08. The molecule has 6 nitrogen and oxygen atoms in total. The van der Waals surface area contributed by atoms with Crippen molar-refractivity contribution in [2.75, 3.05) is 12.1 Å². The van der Waals surface area contributed by atoms with Crippen LogP contribution in [0.25, 0.3) is 17.0 Å². The molecule has 4 rings (SSSR count). The van der Waals surface area contributed by atoms with Crippen LogP contribution in [0, 0.1) is 11.3 Å². The molecule has 1 aromatic carbocycles. The normalized spacial score (nSPS) is 12.9. The van der Waals surface area contributed by atoms with Gasteiger partial charge in [0.25, 0.3) is 0 Å². The van der Waals surface area contributed by atoms with Crippen LogP contribution in [-0.4, -0.2) is 11.8 Å². The van der Waals surface area contributed by atoms with E-state index in [1.807, 2.05) is 29.6 Å². The van der Waals surface area contributed by atoms with Crippen LogP contribution < -0.4 is 14.8 Å². The average Bonchev–Trinajstić information content (AvgIpc) is 3.35. The number of benzene rings is 1. The standard InChI is InChI=1S/C17H11N3O3S/c18-7-11(17-20-13(9-24-17)14-2-1-5-21-14)8-19-12-3-4-15-16(6-12)23-10-22-15/h1-6,8-9,19H,10H2. The van der Waals surface area contributed by atoms with Crippen LogP contribution in [0.4, 0.5) is 5.69 Å². The lowest BCUT2D eigenvalue weighted by atomic mass is 10.2. The van der Waals surface area contributed by atoms with Gasteiger partial charge >= 0.3 is 0 Å². The first-order valence-corrected chi connectivity index (χ1v) is 7.98. The molecule has 1 N–H and O–H groups in total. The Balaban J connectivity index is 1.55. The van der Waals surface area contributed by atoms with Gasteiger partial charge < -0.3 is 19.2 Å². The highest BCUT2D eigenvalue weighted by Crippen LogP contribution is 2.34. The number of nitrogens with zero attached hydrogens (tertiary/aromatic N) is 2. The first-order chi connectivity index (χ1) is 11.8. The highest BCUT2D eigenvalue weighted by atomic mass is 32.1. The van der Waals surface area contributed by atoms with E-state index in [2.05, 4.69) is 16.4 Å². The second kappa shape index (κ2) is 6.10. The fourth-order valence-electron chi connectivity index (χ4n) is 2.22. The van der Waals surface area contributed by atoms with E-state index in [0.717, 1.165) is 5.69 Å². The predicted molar refractivity (Wildman–Crippen MR) is 89.6 cm³/mol. The first kappa shape index (κ1) is 14.4. The van der Waals surface area contributed by atoms with Gasteiger partial charge in [0.1, 0.15) is 22.3 Å². The van der Waals surface area contributed by atoms with Crippen molar-refractivity contribution >= 4 is 22.6 Å². The minimum atomic E-state index is 0.229. The summed E-state index contributed by atoms with van der Waals surface area (Å²) in [6.07, 6.45) is 3.22. The SMILES string of the molecule is N#CC(=CNc1ccc2c(c1)OCO2)c1nc(-c2ccco2)cs1. The maximum atomic E-state index is 9.39.